The molecule has 23 heavy (non-hydrogen) atoms. The fraction of sp³-hybridized carbons (Fsp3) is 0.118. The third kappa shape index (κ3) is 3.42. The molecule has 0 aliphatic heterocycles. The number of carbonyl (C=O) groups is 1. The molecule has 0 saturated heterocycles. The minimum atomic E-state index is -0.347. The van der Waals surface area contributed by atoms with E-state index in [2.05, 4.69) is 15.5 Å². The summed E-state index contributed by atoms with van der Waals surface area (Å²) in [6.45, 7) is 0. The highest BCUT2D eigenvalue weighted by Gasteiger charge is 2.10. The van der Waals surface area contributed by atoms with Gasteiger partial charge in [0, 0.05) is 7.05 Å². The molecule has 1 N–H and O–H groups in total. The van der Waals surface area contributed by atoms with Crippen molar-refractivity contribution in [2.24, 2.45) is 12.1 Å². The van der Waals surface area contributed by atoms with Crippen molar-refractivity contribution in [2.45, 2.75) is 6.42 Å². The van der Waals surface area contributed by atoms with Crippen LogP contribution in [0.5, 0.6) is 0 Å². The van der Waals surface area contributed by atoms with Crippen LogP contribution >= 0.6 is 0 Å². The van der Waals surface area contributed by atoms with E-state index in [1.54, 1.807) is 12.1 Å². The second kappa shape index (κ2) is 6.39. The number of hydrazone groups is 1. The predicted octanol–water partition coefficient (Wildman–Crippen LogP) is 2.41. The summed E-state index contributed by atoms with van der Waals surface area (Å²) in [6, 6.07) is 13.6. The molecule has 0 saturated carbocycles. The van der Waals surface area contributed by atoms with Crippen LogP contribution in [0.2, 0.25) is 0 Å². The van der Waals surface area contributed by atoms with Crippen LogP contribution in [0.4, 0.5) is 4.39 Å². The molecule has 116 valence electrons. The van der Waals surface area contributed by atoms with Gasteiger partial charge in [-0.15, -0.1) is 0 Å². The first kappa shape index (κ1) is 14.9. The van der Waals surface area contributed by atoms with Crippen molar-refractivity contribution in [3.8, 4) is 0 Å². The van der Waals surface area contributed by atoms with Gasteiger partial charge in [0.15, 0.2) is 0 Å². The highest BCUT2D eigenvalue weighted by molar-refractivity contribution is 5.84. The Kier molecular flexibility index (Phi) is 4.14. The summed E-state index contributed by atoms with van der Waals surface area (Å²) in [5, 5.41) is 3.83. The Morgan fingerprint density at radius 3 is 2.91 bits per heavy atom. The average molecular weight is 310 g/mol. The van der Waals surface area contributed by atoms with Crippen molar-refractivity contribution < 1.29 is 9.18 Å². The standard InChI is InChI=1S/C17H15FN4O/c1-22-15-8-3-2-7-14(15)20-16(22)10-17(23)21-19-11-12-5-4-6-13(18)9-12/h2-9,11H,10H2,1H3,(H,21,23)/b19-11+. The van der Waals surface area contributed by atoms with Gasteiger partial charge in [-0.25, -0.2) is 14.8 Å². The molecule has 6 heteroatoms. The number of amides is 1. The normalized spacial score (nSPS) is 11.2. The topological polar surface area (TPSA) is 59.3 Å². The van der Waals surface area contributed by atoms with Crippen LogP contribution in [0, 0.1) is 5.82 Å². The Labute approximate surface area is 132 Å². The molecular weight excluding hydrogens is 295 g/mol. The minimum absolute atomic E-state index is 0.117. The number of aromatic nitrogens is 2. The lowest BCUT2D eigenvalue weighted by atomic mass is 10.2. The van der Waals surface area contributed by atoms with E-state index in [0.717, 1.165) is 11.0 Å². The van der Waals surface area contributed by atoms with Gasteiger partial charge in [-0.3, -0.25) is 4.79 Å². The number of halogens is 1. The van der Waals surface area contributed by atoms with E-state index in [-0.39, 0.29) is 18.1 Å². The van der Waals surface area contributed by atoms with Gasteiger partial charge in [0.1, 0.15) is 11.6 Å². The lowest BCUT2D eigenvalue weighted by molar-refractivity contribution is -0.120. The summed E-state index contributed by atoms with van der Waals surface area (Å²) in [4.78, 5) is 16.4. The zero-order valence-corrected chi connectivity index (χ0v) is 12.5. The van der Waals surface area contributed by atoms with Crippen molar-refractivity contribution in [2.75, 3.05) is 0 Å². The van der Waals surface area contributed by atoms with E-state index in [4.69, 9.17) is 0 Å². The Morgan fingerprint density at radius 2 is 2.13 bits per heavy atom. The van der Waals surface area contributed by atoms with Crippen molar-refractivity contribution in [1.29, 1.82) is 0 Å². The van der Waals surface area contributed by atoms with Gasteiger partial charge in [0.05, 0.1) is 23.7 Å². The Hall–Kier alpha value is -3.02. The number of benzene rings is 2. The first-order chi connectivity index (χ1) is 11.1. The molecular formula is C17H15FN4O. The van der Waals surface area contributed by atoms with Crippen LogP contribution in [0.3, 0.4) is 0 Å². The van der Waals surface area contributed by atoms with Crippen molar-refractivity contribution in [3.05, 3.63) is 65.7 Å². The van der Waals surface area contributed by atoms with Crippen molar-refractivity contribution >= 4 is 23.2 Å². The number of nitrogens with one attached hydrogen (secondary N) is 1. The van der Waals surface area contributed by atoms with Crippen molar-refractivity contribution in [3.63, 3.8) is 0 Å². The first-order valence-corrected chi connectivity index (χ1v) is 7.11. The molecule has 0 radical (unpaired) electrons. The first-order valence-electron chi connectivity index (χ1n) is 7.11. The van der Waals surface area contributed by atoms with Crippen LogP contribution in [0.1, 0.15) is 11.4 Å². The fourth-order valence-electron chi connectivity index (χ4n) is 2.30. The zero-order valence-electron chi connectivity index (χ0n) is 12.5. The Balaban J connectivity index is 1.66. The molecule has 0 atom stereocenters. The summed E-state index contributed by atoms with van der Waals surface area (Å²) in [5.74, 6) is 0.0284. The lowest BCUT2D eigenvalue weighted by Crippen LogP contribution is -2.21. The number of carbonyl (C=O) groups excluding carboxylic acids is 1. The number of aryl methyl sites for hydroxylation is 1. The van der Waals surface area contributed by atoms with Crippen LogP contribution in [-0.4, -0.2) is 21.7 Å². The Bertz CT molecular complexity index is 885. The molecule has 0 fully saturated rings. The quantitative estimate of drug-likeness (QED) is 0.594. The van der Waals surface area contributed by atoms with Gasteiger partial charge in [-0.05, 0) is 29.8 Å². The average Bonchev–Trinajstić information content (AvgIpc) is 2.84. The van der Waals surface area contributed by atoms with Gasteiger partial charge >= 0.3 is 0 Å². The number of fused-ring (bicyclic) bond motifs is 1. The molecule has 2 aromatic carbocycles. The summed E-state index contributed by atoms with van der Waals surface area (Å²) < 4.78 is 14.9. The van der Waals surface area contributed by atoms with Gasteiger partial charge < -0.3 is 4.57 Å². The molecule has 3 rings (SSSR count). The van der Waals surface area contributed by atoms with E-state index < -0.39 is 0 Å². The third-order valence-electron chi connectivity index (χ3n) is 3.45. The second-order valence-corrected chi connectivity index (χ2v) is 5.10. The largest absolute Gasteiger partial charge is 0.331 e. The number of rotatable bonds is 4. The molecule has 0 aliphatic carbocycles. The molecule has 0 unspecified atom stereocenters. The fourth-order valence-corrected chi connectivity index (χ4v) is 2.30. The molecule has 0 bridgehead atoms. The second-order valence-electron chi connectivity index (χ2n) is 5.10. The maximum Gasteiger partial charge on any atom is 0.247 e. The van der Waals surface area contributed by atoms with Gasteiger partial charge in [0.25, 0.3) is 0 Å². The highest BCUT2D eigenvalue weighted by Crippen LogP contribution is 2.14. The molecule has 1 aromatic heterocycles. The molecule has 1 amide bonds. The maximum absolute atomic E-state index is 13.0. The number of hydrogen-bond acceptors (Lipinski definition) is 3. The molecule has 0 aliphatic rings. The predicted molar refractivity (Wildman–Crippen MR) is 86.6 cm³/mol. The molecule has 0 spiro atoms. The van der Waals surface area contributed by atoms with E-state index in [1.807, 2.05) is 35.9 Å². The van der Waals surface area contributed by atoms with Gasteiger partial charge in [-0.1, -0.05) is 24.3 Å². The van der Waals surface area contributed by atoms with Crippen LogP contribution < -0.4 is 5.43 Å². The van der Waals surface area contributed by atoms with Gasteiger partial charge in [0.2, 0.25) is 5.91 Å². The number of nitrogens with zero attached hydrogens (tertiary/aromatic N) is 3. The summed E-state index contributed by atoms with van der Waals surface area (Å²) in [7, 11) is 1.87. The molecule has 1 heterocycles. The van der Waals surface area contributed by atoms with E-state index in [1.165, 1.54) is 18.3 Å². The summed E-state index contributed by atoms with van der Waals surface area (Å²) >= 11 is 0. The third-order valence-corrected chi connectivity index (χ3v) is 3.45. The van der Waals surface area contributed by atoms with E-state index >= 15 is 0 Å². The zero-order chi connectivity index (χ0) is 16.2. The summed E-state index contributed by atoms with van der Waals surface area (Å²) in [5.41, 5.74) is 4.82. The molecule has 3 aromatic rings. The smallest absolute Gasteiger partial charge is 0.247 e. The maximum atomic E-state index is 13.0. The number of imidazole rings is 1. The van der Waals surface area contributed by atoms with Crippen LogP contribution in [-0.2, 0) is 18.3 Å². The lowest BCUT2D eigenvalue weighted by Gasteiger charge is -2.01. The van der Waals surface area contributed by atoms with Crippen molar-refractivity contribution in [1.82, 2.24) is 15.0 Å². The van der Waals surface area contributed by atoms with E-state index in [9.17, 15) is 9.18 Å². The minimum Gasteiger partial charge on any atom is -0.331 e. The SMILES string of the molecule is Cn1c(CC(=O)N/N=C/c2cccc(F)c2)nc2ccccc21. The number of para-hydroxylation sites is 2. The van der Waals surface area contributed by atoms with Crippen LogP contribution in [0.15, 0.2) is 53.6 Å². The van der Waals surface area contributed by atoms with Crippen LogP contribution in [0.25, 0.3) is 11.0 Å². The Morgan fingerprint density at radius 1 is 1.30 bits per heavy atom. The highest BCUT2D eigenvalue weighted by atomic mass is 19.1. The molecule has 5 nitrogen and oxygen atoms in total. The summed E-state index contributed by atoms with van der Waals surface area (Å²) in [6.07, 6.45) is 1.52. The monoisotopic (exact) mass is 310 g/mol. The van der Waals surface area contributed by atoms with E-state index in [0.29, 0.717) is 11.4 Å². The van der Waals surface area contributed by atoms with Gasteiger partial charge in [-0.2, -0.15) is 5.10 Å². The number of hydrogen-bond donors (Lipinski definition) is 1.